The first-order valence-corrected chi connectivity index (χ1v) is 16.3. The first kappa shape index (κ1) is 34.8. The maximum absolute atomic E-state index is 13.8. The van der Waals surface area contributed by atoms with E-state index < -0.39 is 43.2 Å². The molecule has 1 aromatic rings. The second-order valence-corrected chi connectivity index (χ2v) is 14.4. The number of nitrogens with one attached hydrogen (secondary N) is 4. The number of hydrogen-bond donors (Lipinski definition) is 4. The summed E-state index contributed by atoms with van der Waals surface area (Å²) in [5.41, 5.74) is 0.672. The lowest BCUT2D eigenvalue weighted by Gasteiger charge is -2.64. The van der Waals surface area contributed by atoms with Gasteiger partial charge in [0.25, 0.3) is 0 Å². The Kier molecular flexibility index (Phi) is 10.9. The molecule has 3 saturated carbocycles. The van der Waals surface area contributed by atoms with Crippen LogP contribution in [0.5, 0.6) is 0 Å². The van der Waals surface area contributed by atoms with Crippen LogP contribution in [0, 0.1) is 29.1 Å². The Hall–Kier alpha value is -3.12. The van der Waals surface area contributed by atoms with Gasteiger partial charge in [0.05, 0.1) is 25.3 Å². The van der Waals surface area contributed by atoms with Crippen molar-refractivity contribution in [3.8, 4) is 0 Å². The van der Waals surface area contributed by atoms with E-state index in [1.807, 2.05) is 44.2 Å². The molecule has 4 aliphatic rings. The number of carbonyl (C=O) groups excluding carboxylic acids is 4. The van der Waals surface area contributed by atoms with E-state index in [-0.39, 0.29) is 47.7 Å². The van der Waals surface area contributed by atoms with E-state index in [1.165, 1.54) is 7.11 Å². The molecule has 45 heavy (non-hydrogen) atoms. The Labute approximate surface area is 267 Å². The van der Waals surface area contributed by atoms with Gasteiger partial charge in [0, 0.05) is 6.42 Å². The molecule has 1 heterocycles. The summed E-state index contributed by atoms with van der Waals surface area (Å²) in [6.45, 7) is 14.3. The fourth-order valence-corrected chi connectivity index (χ4v) is 7.36. The lowest BCUT2D eigenvalue weighted by Crippen LogP contribution is -2.65. The van der Waals surface area contributed by atoms with Gasteiger partial charge in [-0.3, -0.25) is 14.4 Å². The molecule has 0 aromatic heterocycles. The van der Waals surface area contributed by atoms with Crippen LogP contribution in [-0.4, -0.2) is 74.3 Å². The zero-order valence-corrected chi connectivity index (χ0v) is 28.0. The molecular formula is C33H51BN4O7. The second kappa shape index (κ2) is 14.1. The third-order valence-corrected chi connectivity index (χ3v) is 10.1. The molecule has 3 aliphatic carbocycles. The van der Waals surface area contributed by atoms with E-state index in [9.17, 15) is 19.2 Å². The fraction of sp³-hybridized carbons (Fsp3) is 0.697. The van der Waals surface area contributed by atoms with Crippen molar-refractivity contribution in [3.63, 3.8) is 0 Å². The van der Waals surface area contributed by atoms with E-state index in [4.69, 9.17) is 9.31 Å². The van der Waals surface area contributed by atoms with E-state index in [0.717, 1.165) is 18.4 Å². The van der Waals surface area contributed by atoms with Crippen LogP contribution in [0.3, 0.4) is 0 Å². The minimum Gasteiger partial charge on any atom is -0.453 e. The fourth-order valence-electron chi connectivity index (χ4n) is 7.36. The summed E-state index contributed by atoms with van der Waals surface area (Å²) in [4.78, 5) is 52.5. The number of benzene rings is 1. The van der Waals surface area contributed by atoms with Gasteiger partial charge in [-0.05, 0) is 60.8 Å². The standard InChI is InChI=1S/C33H51BN4O7/c1-19(2)14-23(28(39)35-18-34-44-26-17-22-16-25(32(22,5)6)33(26,7)45-34)36-29(40)24(15-21-12-10-9-11-13-21)37-30(41)27(20(3)4)38-31(42)43-8/h9-13,19-20,22-27H,14-18H2,1-8H3,(H,35,39)(H,36,40)(H,37,41)(H,38,42)/t22-,23-,24-,25-,26+,27-,33-/m0/s1. The molecule has 2 bridgehead atoms. The van der Waals surface area contributed by atoms with Crippen molar-refractivity contribution in [2.24, 2.45) is 29.1 Å². The molecule has 4 N–H and O–H groups in total. The van der Waals surface area contributed by atoms with E-state index in [2.05, 4.69) is 46.8 Å². The Bertz CT molecular complexity index is 1230. The summed E-state index contributed by atoms with van der Waals surface area (Å²) >= 11 is 0. The highest BCUT2D eigenvalue weighted by molar-refractivity contribution is 6.46. The van der Waals surface area contributed by atoms with Crippen molar-refractivity contribution in [2.45, 2.75) is 104 Å². The van der Waals surface area contributed by atoms with Crippen molar-refractivity contribution in [3.05, 3.63) is 35.9 Å². The average Bonchev–Trinajstić information content (AvgIpc) is 3.33. The van der Waals surface area contributed by atoms with Gasteiger partial charge in [-0.15, -0.1) is 0 Å². The van der Waals surface area contributed by atoms with Crippen molar-refractivity contribution < 1.29 is 33.2 Å². The SMILES string of the molecule is COC(=O)N[C@H](C(=O)N[C@@H](Cc1ccccc1)C(=O)N[C@@H](CC(C)C)C(=O)NCB1O[C@@H]2C[C@@H]3C[C@@H](C3(C)C)[C@]2(C)O1)C(C)C. The largest absolute Gasteiger partial charge is 0.478 e. The molecule has 0 spiro atoms. The summed E-state index contributed by atoms with van der Waals surface area (Å²) in [6, 6.07) is 6.54. The first-order chi connectivity index (χ1) is 21.1. The summed E-state index contributed by atoms with van der Waals surface area (Å²) < 4.78 is 17.4. The third kappa shape index (κ3) is 7.82. The van der Waals surface area contributed by atoms with Gasteiger partial charge < -0.3 is 35.3 Å². The van der Waals surface area contributed by atoms with E-state index in [0.29, 0.717) is 18.3 Å². The van der Waals surface area contributed by atoms with Gasteiger partial charge in [0.2, 0.25) is 17.7 Å². The lowest BCUT2D eigenvalue weighted by molar-refractivity contribution is -0.199. The van der Waals surface area contributed by atoms with Crippen LogP contribution in [0.2, 0.25) is 0 Å². The Morgan fingerprint density at radius 1 is 0.933 bits per heavy atom. The molecule has 1 aromatic carbocycles. The van der Waals surface area contributed by atoms with Crippen LogP contribution in [0.4, 0.5) is 4.79 Å². The van der Waals surface area contributed by atoms with Gasteiger partial charge >= 0.3 is 13.2 Å². The van der Waals surface area contributed by atoms with Crippen LogP contribution >= 0.6 is 0 Å². The monoisotopic (exact) mass is 626 g/mol. The third-order valence-electron chi connectivity index (χ3n) is 10.1. The highest BCUT2D eigenvalue weighted by Gasteiger charge is 2.67. The molecule has 248 valence electrons. The Morgan fingerprint density at radius 3 is 2.20 bits per heavy atom. The van der Waals surface area contributed by atoms with Crippen LogP contribution in [0.25, 0.3) is 0 Å². The summed E-state index contributed by atoms with van der Waals surface area (Å²) in [7, 11) is 0.660. The normalized spacial score (nSPS) is 26.6. The van der Waals surface area contributed by atoms with E-state index in [1.54, 1.807) is 13.8 Å². The summed E-state index contributed by atoms with van der Waals surface area (Å²) in [5.74, 6) is -0.493. The quantitative estimate of drug-likeness (QED) is 0.247. The van der Waals surface area contributed by atoms with Crippen molar-refractivity contribution in [1.29, 1.82) is 0 Å². The number of hydrogen-bond acceptors (Lipinski definition) is 7. The number of methoxy groups -OCH3 is 1. The molecule has 4 fully saturated rings. The molecule has 12 heteroatoms. The highest BCUT2D eigenvalue weighted by Crippen LogP contribution is 2.65. The lowest BCUT2D eigenvalue weighted by atomic mass is 9.43. The number of ether oxygens (including phenoxy) is 1. The van der Waals surface area contributed by atoms with Crippen LogP contribution in [0.15, 0.2) is 30.3 Å². The molecule has 1 saturated heterocycles. The minimum absolute atomic E-state index is 0.00744. The topological polar surface area (TPSA) is 144 Å². The van der Waals surface area contributed by atoms with Gasteiger partial charge in [0.15, 0.2) is 0 Å². The molecule has 1 aliphatic heterocycles. The van der Waals surface area contributed by atoms with Gasteiger partial charge in [-0.1, -0.05) is 71.9 Å². The maximum atomic E-state index is 13.8. The zero-order chi connectivity index (χ0) is 33.1. The van der Waals surface area contributed by atoms with Gasteiger partial charge in [0.1, 0.15) is 18.1 Å². The zero-order valence-electron chi connectivity index (χ0n) is 28.0. The number of rotatable bonds is 13. The molecule has 4 amide bonds. The van der Waals surface area contributed by atoms with Crippen molar-refractivity contribution in [1.82, 2.24) is 21.3 Å². The molecule has 11 nitrogen and oxygen atoms in total. The predicted octanol–water partition coefficient (Wildman–Crippen LogP) is 3.01. The summed E-state index contributed by atoms with van der Waals surface area (Å²) in [5, 5.41) is 11.2. The Morgan fingerprint density at radius 2 is 1.60 bits per heavy atom. The van der Waals surface area contributed by atoms with E-state index >= 15 is 0 Å². The van der Waals surface area contributed by atoms with Gasteiger partial charge in [-0.25, -0.2) is 4.79 Å². The first-order valence-electron chi connectivity index (χ1n) is 16.3. The maximum Gasteiger partial charge on any atom is 0.478 e. The summed E-state index contributed by atoms with van der Waals surface area (Å²) in [6.07, 6.45) is 2.12. The average molecular weight is 627 g/mol. The molecular weight excluding hydrogens is 575 g/mol. The van der Waals surface area contributed by atoms with Crippen molar-refractivity contribution in [2.75, 3.05) is 13.6 Å². The smallest absolute Gasteiger partial charge is 0.453 e. The number of carbonyl (C=O) groups is 4. The molecule has 7 atom stereocenters. The van der Waals surface area contributed by atoms with Crippen molar-refractivity contribution >= 4 is 30.9 Å². The predicted molar refractivity (Wildman–Crippen MR) is 171 cm³/mol. The number of amides is 4. The second-order valence-electron chi connectivity index (χ2n) is 14.4. The van der Waals surface area contributed by atoms with Crippen LogP contribution in [-0.2, 0) is 34.9 Å². The van der Waals surface area contributed by atoms with Crippen LogP contribution < -0.4 is 21.3 Å². The van der Waals surface area contributed by atoms with Crippen LogP contribution in [0.1, 0.15) is 73.3 Å². The highest BCUT2D eigenvalue weighted by atomic mass is 16.7. The number of alkyl carbamates (subject to hydrolysis) is 1. The minimum atomic E-state index is -0.998. The van der Waals surface area contributed by atoms with Gasteiger partial charge in [-0.2, -0.15) is 0 Å². The molecule has 0 radical (unpaired) electrons. The Balaban J connectivity index is 1.42. The molecule has 5 rings (SSSR count). The molecule has 0 unspecified atom stereocenters.